The summed E-state index contributed by atoms with van der Waals surface area (Å²) in [5.74, 6) is 0.777. The lowest BCUT2D eigenvalue weighted by Gasteiger charge is -2.06. The molecule has 1 aromatic carbocycles. The third-order valence-electron chi connectivity index (χ3n) is 2.93. The van der Waals surface area contributed by atoms with Crippen molar-refractivity contribution in [1.29, 1.82) is 0 Å². The first-order valence-electron chi connectivity index (χ1n) is 6.54. The number of thiophene rings is 1. The molecule has 0 atom stereocenters. The number of ether oxygens (including phenoxy) is 2. The summed E-state index contributed by atoms with van der Waals surface area (Å²) in [4.78, 5) is 17.2. The van der Waals surface area contributed by atoms with E-state index in [0.717, 1.165) is 4.88 Å². The predicted molar refractivity (Wildman–Crippen MR) is 87.4 cm³/mol. The molecule has 2 aromatic heterocycles. The van der Waals surface area contributed by atoms with Crippen molar-refractivity contribution in [2.75, 3.05) is 7.11 Å². The number of hydrogen-bond donors (Lipinski definition) is 0. The quantitative estimate of drug-likeness (QED) is 0.610. The summed E-state index contributed by atoms with van der Waals surface area (Å²) in [6, 6.07) is 8.84. The highest BCUT2D eigenvalue weighted by Crippen LogP contribution is 2.24. The molecule has 8 heteroatoms. The van der Waals surface area contributed by atoms with Crippen molar-refractivity contribution in [3.05, 3.63) is 51.6 Å². The Morgan fingerprint density at radius 2 is 2.26 bits per heavy atom. The zero-order chi connectivity index (χ0) is 16.2. The molecule has 0 bridgehead atoms. The van der Waals surface area contributed by atoms with E-state index in [4.69, 9.17) is 14.0 Å². The van der Waals surface area contributed by atoms with Crippen LogP contribution < -0.4 is 4.74 Å². The Kier molecular flexibility index (Phi) is 4.73. The lowest BCUT2D eigenvalue weighted by Crippen LogP contribution is -2.06. The Morgan fingerprint density at radius 3 is 3.00 bits per heavy atom. The van der Waals surface area contributed by atoms with Crippen LogP contribution in [-0.2, 0) is 11.3 Å². The highest BCUT2D eigenvalue weighted by Gasteiger charge is 2.16. The molecule has 0 aliphatic rings. The van der Waals surface area contributed by atoms with Crippen LogP contribution in [0.2, 0.25) is 0 Å². The smallest absolute Gasteiger partial charge is 0.339 e. The summed E-state index contributed by atoms with van der Waals surface area (Å²) >= 11 is 4.81. The van der Waals surface area contributed by atoms with Crippen LogP contribution in [-0.4, -0.2) is 23.2 Å². The van der Waals surface area contributed by atoms with E-state index in [9.17, 15) is 4.79 Å². The first-order valence-corrected chi connectivity index (χ1v) is 8.22. The van der Waals surface area contributed by atoms with Gasteiger partial charge in [0.1, 0.15) is 5.75 Å². The number of aromatic nitrogens is 2. The molecular weight excluding hydrogens is 384 g/mol. The van der Waals surface area contributed by atoms with Gasteiger partial charge in [0.05, 0.1) is 17.6 Å². The number of carbonyl (C=O) groups excluding carboxylic acids is 1. The lowest BCUT2D eigenvalue weighted by atomic mass is 10.2. The predicted octanol–water partition coefficient (Wildman–Crippen LogP) is 3.93. The molecule has 0 spiro atoms. The molecule has 2 heterocycles. The van der Waals surface area contributed by atoms with Crippen molar-refractivity contribution >= 4 is 33.2 Å². The second-order valence-electron chi connectivity index (χ2n) is 4.41. The minimum Gasteiger partial charge on any atom is -0.497 e. The minimum atomic E-state index is -0.508. The third kappa shape index (κ3) is 3.59. The van der Waals surface area contributed by atoms with Crippen LogP contribution in [0.4, 0.5) is 0 Å². The summed E-state index contributed by atoms with van der Waals surface area (Å²) in [6.07, 6.45) is 0. The number of methoxy groups -OCH3 is 1. The number of hydrogen-bond acceptors (Lipinski definition) is 7. The van der Waals surface area contributed by atoms with Gasteiger partial charge in [0.2, 0.25) is 5.82 Å². The highest BCUT2D eigenvalue weighted by atomic mass is 79.9. The van der Waals surface area contributed by atoms with Crippen molar-refractivity contribution in [2.45, 2.75) is 6.61 Å². The van der Waals surface area contributed by atoms with Crippen LogP contribution in [0.5, 0.6) is 5.75 Å². The summed E-state index contributed by atoms with van der Waals surface area (Å²) in [5.41, 5.74) is 0.363. The number of benzene rings is 1. The van der Waals surface area contributed by atoms with Crippen LogP contribution >= 0.6 is 27.3 Å². The Balaban J connectivity index is 1.67. The van der Waals surface area contributed by atoms with Crippen molar-refractivity contribution in [3.8, 4) is 16.5 Å². The molecule has 3 rings (SSSR count). The molecule has 3 aromatic rings. The van der Waals surface area contributed by atoms with Gasteiger partial charge in [-0.3, -0.25) is 0 Å². The van der Waals surface area contributed by atoms with Gasteiger partial charge in [-0.15, -0.1) is 11.3 Å². The normalized spacial score (nSPS) is 10.5. The molecule has 0 unspecified atom stereocenters. The number of halogens is 1. The zero-order valence-electron chi connectivity index (χ0n) is 12.0. The molecule has 0 saturated carbocycles. The van der Waals surface area contributed by atoms with Gasteiger partial charge < -0.3 is 14.0 Å². The van der Waals surface area contributed by atoms with Crippen molar-refractivity contribution in [3.63, 3.8) is 0 Å². The zero-order valence-corrected chi connectivity index (χ0v) is 14.4. The average molecular weight is 395 g/mol. The highest BCUT2D eigenvalue weighted by molar-refractivity contribution is 9.10. The summed E-state index contributed by atoms with van der Waals surface area (Å²) in [6.45, 7) is -0.0964. The van der Waals surface area contributed by atoms with E-state index < -0.39 is 5.97 Å². The van der Waals surface area contributed by atoms with Crippen LogP contribution in [0.3, 0.4) is 0 Å². The minimum absolute atomic E-state index is 0.0964. The van der Waals surface area contributed by atoms with Gasteiger partial charge in [0.25, 0.3) is 5.89 Å². The summed E-state index contributed by atoms with van der Waals surface area (Å²) in [5, 5.41) is 5.78. The second-order valence-corrected chi connectivity index (χ2v) is 6.21. The number of nitrogens with zero attached hydrogens (tertiary/aromatic N) is 2. The largest absolute Gasteiger partial charge is 0.497 e. The van der Waals surface area contributed by atoms with Crippen LogP contribution in [0, 0.1) is 0 Å². The molecule has 0 amide bonds. The molecule has 0 saturated heterocycles. The fourth-order valence-electron chi connectivity index (χ4n) is 1.81. The van der Waals surface area contributed by atoms with Gasteiger partial charge in [-0.1, -0.05) is 11.2 Å². The van der Waals surface area contributed by atoms with E-state index in [1.54, 1.807) is 18.2 Å². The third-order valence-corrected chi connectivity index (χ3v) is 4.49. The van der Waals surface area contributed by atoms with Crippen molar-refractivity contribution < 1.29 is 18.8 Å². The number of carbonyl (C=O) groups is 1. The van der Waals surface area contributed by atoms with Gasteiger partial charge in [-0.2, -0.15) is 4.98 Å². The topological polar surface area (TPSA) is 74.5 Å². The molecule has 0 aliphatic heterocycles. The van der Waals surface area contributed by atoms with E-state index in [-0.39, 0.29) is 12.5 Å². The van der Waals surface area contributed by atoms with Crippen LogP contribution in [0.1, 0.15) is 16.2 Å². The fraction of sp³-hybridized carbons (Fsp3) is 0.133. The van der Waals surface area contributed by atoms with E-state index in [2.05, 4.69) is 26.1 Å². The standard InChI is InChI=1S/C15H11BrN2O4S/c1-20-9-4-5-11(16)10(7-9)15(19)21-8-13-17-14(18-22-13)12-3-2-6-23-12/h2-7H,8H2,1H3. The first kappa shape index (κ1) is 15.7. The number of esters is 1. The van der Waals surface area contributed by atoms with E-state index >= 15 is 0 Å². The molecule has 0 radical (unpaired) electrons. The molecule has 0 N–H and O–H groups in total. The summed E-state index contributed by atoms with van der Waals surface area (Å²) in [7, 11) is 1.53. The molecule has 0 fully saturated rings. The number of rotatable bonds is 5. The Hall–Kier alpha value is -2.19. The van der Waals surface area contributed by atoms with Crippen molar-refractivity contribution in [1.82, 2.24) is 10.1 Å². The van der Waals surface area contributed by atoms with Crippen LogP contribution in [0.15, 0.2) is 44.7 Å². The van der Waals surface area contributed by atoms with Gasteiger partial charge in [0.15, 0.2) is 6.61 Å². The maximum absolute atomic E-state index is 12.1. The van der Waals surface area contributed by atoms with E-state index in [1.807, 2.05) is 17.5 Å². The lowest BCUT2D eigenvalue weighted by molar-refractivity contribution is 0.0428. The molecule has 118 valence electrons. The Bertz CT molecular complexity index is 817. The molecule has 23 heavy (non-hydrogen) atoms. The average Bonchev–Trinajstić information content (AvgIpc) is 3.24. The fourth-order valence-corrected chi connectivity index (χ4v) is 2.87. The van der Waals surface area contributed by atoms with E-state index in [1.165, 1.54) is 18.4 Å². The Morgan fingerprint density at radius 1 is 1.39 bits per heavy atom. The van der Waals surface area contributed by atoms with Crippen molar-refractivity contribution in [2.24, 2.45) is 0 Å². The second kappa shape index (κ2) is 6.93. The van der Waals surface area contributed by atoms with Gasteiger partial charge in [-0.25, -0.2) is 4.79 Å². The van der Waals surface area contributed by atoms with Gasteiger partial charge >= 0.3 is 5.97 Å². The molecule has 6 nitrogen and oxygen atoms in total. The maximum atomic E-state index is 12.1. The monoisotopic (exact) mass is 394 g/mol. The van der Waals surface area contributed by atoms with Gasteiger partial charge in [0, 0.05) is 4.47 Å². The first-order chi connectivity index (χ1) is 11.2. The molecule has 0 aliphatic carbocycles. The SMILES string of the molecule is COc1ccc(Br)c(C(=O)OCc2nc(-c3cccs3)no2)c1. The van der Waals surface area contributed by atoms with Gasteiger partial charge in [-0.05, 0) is 45.6 Å². The summed E-state index contributed by atoms with van der Waals surface area (Å²) < 4.78 is 16.0. The Labute approximate surface area is 144 Å². The molecular formula is C15H11BrN2O4S. The van der Waals surface area contributed by atoms with Crippen LogP contribution in [0.25, 0.3) is 10.7 Å². The van der Waals surface area contributed by atoms with E-state index in [0.29, 0.717) is 21.6 Å². The maximum Gasteiger partial charge on any atom is 0.339 e.